The van der Waals surface area contributed by atoms with Crippen LogP contribution in [0.2, 0.25) is 5.15 Å². The number of pyridine rings is 1. The van der Waals surface area contributed by atoms with Gasteiger partial charge in [-0.1, -0.05) is 11.6 Å². The van der Waals surface area contributed by atoms with Gasteiger partial charge in [-0.2, -0.15) is 0 Å². The summed E-state index contributed by atoms with van der Waals surface area (Å²) in [5.41, 5.74) is 1.36. The quantitative estimate of drug-likeness (QED) is 0.806. The van der Waals surface area contributed by atoms with Crippen molar-refractivity contribution in [3.05, 3.63) is 23.5 Å². The van der Waals surface area contributed by atoms with Gasteiger partial charge in [-0.25, -0.2) is 8.96 Å². The molecule has 2 rings (SSSR count). The van der Waals surface area contributed by atoms with Crippen LogP contribution in [0.4, 0.5) is 9.57 Å². The summed E-state index contributed by atoms with van der Waals surface area (Å²) in [6.07, 6.45) is 1.61. The molecule has 2 heterocycles. The van der Waals surface area contributed by atoms with Crippen LogP contribution in [0.3, 0.4) is 0 Å². The first-order valence-electron chi connectivity index (χ1n) is 3.90. The molecule has 0 spiro atoms. The second kappa shape index (κ2) is 3.67. The molecule has 0 aliphatic heterocycles. The van der Waals surface area contributed by atoms with Crippen LogP contribution in [0.5, 0.6) is 0 Å². The molecule has 74 valence electrons. The molecule has 0 atom stereocenters. The number of halogens is 2. The molecule has 2 aromatic heterocycles. The fourth-order valence-electron chi connectivity index (χ4n) is 1.32. The zero-order valence-electron chi connectivity index (χ0n) is 7.29. The minimum absolute atomic E-state index is 0.101. The first-order chi connectivity index (χ1) is 6.76. The lowest BCUT2D eigenvalue weighted by molar-refractivity contribution is 0.919. The Hall–Kier alpha value is -0.940. The van der Waals surface area contributed by atoms with Gasteiger partial charge in [-0.15, -0.1) is 3.89 Å². The first kappa shape index (κ1) is 9.61. The zero-order valence-corrected chi connectivity index (χ0v) is 8.86. The Labute approximate surface area is 89.7 Å². The Kier molecular flexibility index (Phi) is 2.52. The van der Waals surface area contributed by atoms with E-state index in [1.807, 2.05) is 0 Å². The predicted molar refractivity (Wildman–Crippen MR) is 58.4 cm³/mol. The van der Waals surface area contributed by atoms with E-state index in [-0.39, 0.29) is 12.3 Å². The Morgan fingerprint density at radius 2 is 2.43 bits per heavy atom. The normalized spacial score (nSPS) is 10.8. The van der Waals surface area contributed by atoms with Crippen molar-refractivity contribution in [2.75, 3.05) is 12.4 Å². The van der Waals surface area contributed by atoms with Crippen molar-refractivity contribution in [1.29, 1.82) is 0 Å². The maximum absolute atomic E-state index is 12.4. The van der Waals surface area contributed by atoms with Crippen LogP contribution in [0.1, 0.15) is 0 Å². The molecule has 0 amide bonds. The molecule has 0 aliphatic carbocycles. The van der Waals surface area contributed by atoms with E-state index in [1.54, 1.807) is 25.4 Å². The number of nitrogens with one attached hydrogen (secondary N) is 1. The van der Waals surface area contributed by atoms with Crippen molar-refractivity contribution < 1.29 is 3.89 Å². The Balaban J connectivity index is 2.76. The van der Waals surface area contributed by atoms with Crippen LogP contribution in [-0.4, -0.2) is 16.0 Å². The molecule has 0 bridgehead atoms. The molecule has 0 saturated carbocycles. The third-order valence-corrected chi connectivity index (χ3v) is 2.57. The molecule has 6 heteroatoms. The molecule has 0 fully saturated rings. The summed E-state index contributed by atoms with van der Waals surface area (Å²) in [6, 6.07) is 3.49. The smallest absolute Gasteiger partial charge is 0.171 e. The molecular weight excluding hydrogens is 225 g/mol. The molecule has 2 aromatic rings. The summed E-state index contributed by atoms with van der Waals surface area (Å²) in [4.78, 5) is 4.04. The summed E-state index contributed by atoms with van der Waals surface area (Å²) in [5.74, 6) is 0. The molecule has 14 heavy (non-hydrogen) atoms. The zero-order chi connectivity index (χ0) is 10.1. The van der Waals surface area contributed by atoms with Crippen LogP contribution < -0.4 is 5.32 Å². The van der Waals surface area contributed by atoms with E-state index in [0.29, 0.717) is 10.8 Å². The van der Waals surface area contributed by atoms with Crippen LogP contribution >= 0.6 is 23.9 Å². The minimum atomic E-state index is 0.101. The lowest BCUT2D eigenvalue weighted by Crippen LogP contribution is -1.92. The van der Waals surface area contributed by atoms with E-state index >= 15 is 0 Å². The van der Waals surface area contributed by atoms with Gasteiger partial charge in [0.2, 0.25) is 0 Å². The highest BCUT2D eigenvalue weighted by molar-refractivity contribution is 7.92. The fraction of sp³-hybridized carbons (Fsp3) is 0.125. The number of hydrogen-bond acceptors (Lipinski definition) is 3. The molecular formula is C8H7ClFN3S. The predicted octanol–water partition coefficient (Wildman–Crippen LogP) is 3.11. The molecule has 0 unspecified atom stereocenters. The topological polar surface area (TPSA) is 29.9 Å². The van der Waals surface area contributed by atoms with Crippen molar-refractivity contribution in [3.8, 4) is 0 Å². The fourth-order valence-corrected chi connectivity index (χ4v) is 1.82. The van der Waals surface area contributed by atoms with Crippen molar-refractivity contribution in [1.82, 2.24) is 8.96 Å². The highest BCUT2D eigenvalue weighted by Gasteiger charge is 2.08. The maximum atomic E-state index is 12.4. The van der Waals surface area contributed by atoms with E-state index < -0.39 is 0 Å². The Morgan fingerprint density at radius 1 is 1.64 bits per heavy atom. The lowest BCUT2D eigenvalue weighted by Gasteiger charge is -2.03. The molecule has 0 saturated heterocycles. The number of fused-ring (bicyclic) bond motifs is 1. The standard InChI is InChI=1S/C8H7ClFN3S/c1-11-6-4-7(9)12-8-5(6)2-3-13(8)14-10/h2-4H,1H3,(H,11,12). The van der Waals surface area contributed by atoms with Gasteiger partial charge in [-0.05, 0) is 12.1 Å². The average molecular weight is 232 g/mol. The van der Waals surface area contributed by atoms with Gasteiger partial charge in [-0.3, -0.25) is 0 Å². The largest absolute Gasteiger partial charge is 0.387 e. The molecule has 0 aromatic carbocycles. The number of rotatable bonds is 2. The van der Waals surface area contributed by atoms with E-state index in [9.17, 15) is 3.89 Å². The monoisotopic (exact) mass is 231 g/mol. The SMILES string of the molecule is CNc1cc(Cl)nc2c1ccn2SF. The van der Waals surface area contributed by atoms with E-state index in [4.69, 9.17) is 11.6 Å². The van der Waals surface area contributed by atoms with Gasteiger partial charge >= 0.3 is 0 Å². The number of anilines is 1. The van der Waals surface area contributed by atoms with Crippen LogP contribution in [0.25, 0.3) is 11.0 Å². The summed E-state index contributed by atoms with van der Waals surface area (Å²) in [6.45, 7) is 0. The second-order valence-electron chi connectivity index (χ2n) is 2.69. The third-order valence-electron chi connectivity index (χ3n) is 1.94. The van der Waals surface area contributed by atoms with Crippen LogP contribution in [0.15, 0.2) is 18.3 Å². The number of aromatic nitrogens is 2. The summed E-state index contributed by atoms with van der Waals surface area (Å²) < 4.78 is 13.8. The number of nitrogens with zero attached hydrogens (tertiary/aromatic N) is 2. The van der Waals surface area contributed by atoms with Gasteiger partial charge in [0.05, 0.1) is 0 Å². The van der Waals surface area contributed by atoms with E-state index in [0.717, 1.165) is 11.1 Å². The van der Waals surface area contributed by atoms with E-state index in [1.165, 1.54) is 3.97 Å². The molecule has 1 N–H and O–H groups in total. The number of hydrogen-bond donors (Lipinski definition) is 1. The highest BCUT2D eigenvalue weighted by Crippen LogP contribution is 2.28. The maximum Gasteiger partial charge on any atom is 0.171 e. The van der Waals surface area contributed by atoms with Gasteiger partial charge in [0.15, 0.2) is 18.0 Å². The van der Waals surface area contributed by atoms with Crippen LogP contribution in [0, 0.1) is 0 Å². The van der Waals surface area contributed by atoms with Gasteiger partial charge in [0.25, 0.3) is 0 Å². The Morgan fingerprint density at radius 3 is 3.07 bits per heavy atom. The van der Waals surface area contributed by atoms with Crippen molar-refractivity contribution in [3.63, 3.8) is 0 Å². The molecule has 0 aliphatic rings. The van der Waals surface area contributed by atoms with Gasteiger partial charge < -0.3 is 5.32 Å². The van der Waals surface area contributed by atoms with Crippen LogP contribution in [-0.2, 0) is 0 Å². The third kappa shape index (κ3) is 1.42. The summed E-state index contributed by atoms with van der Waals surface area (Å²) >= 11 is 5.89. The summed E-state index contributed by atoms with van der Waals surface area (Å²) in [7, 11) is 1.78. The highest BCUT2D eigenvalue weighted by atomic mass is 35.5. The summed E-state index contributed by atoms with van der Waals surface area (Å²) in [5, 5.41) is 4.17. The van der Waals surface area contributed by atoms with Gasteiger partial charge in [0.1, 0.15) is 5.15 Å². The minimum Gasteiger partial charge on any atom is -0.387 e. The Bertz CT molecular complexity index is 471. The second-order valence-corrected chi connectivity index (χ2v) is 3.61. The molecule has 0 radical (unpaired) electrons. The molecule has 3 nitrogen and oxygen atoms in total. The van der Waals surface area contributed by atoms with Crippen molar-refractivity contribution >= 4 is 40.7 Å². The van der Waals surface area contributed by atoms with Crippen molar-refractivity contribution in [2.45, 2.75) is 0 Å². The lowest BCUT2D eigenvalue weighted by atomic mass is 10.3. The van der Waals surface area contributed by atoms with E-state index in [2.05, 4.69) is 10.3 Å². The van der Waals surface area contributed by atoms with Crippen molar-refractivity contribution in [2.24, 2.45) is 0 Å². The van der Waals surface area contributed by atoms with Gasteiger partial charge in [0, 0.05) is 24.3 Å². The average Bonchev–Trinajstić information content (AvgIpc) is 2.59. The first-order valence-corrected chi connectivity index (χ1v) is 4.96.